The third kappa shape index (κ3) is 13.9. The van der Waals surface area contributed by atoms with E-state index in [1.165, 1.54) is 57.8 Å². The fourth-order valence-corrected chi connectivity index (χ4v) is 12.2. The molecule has 0 aromatic heterocycles. The lowest BCUT2D eigenvalue weighted by molar-refractivity contribution is -0.153. The van der Waals surface area contributed by atoms with Crippen LogP contribution < -0.4 is 11.5 Å². The molecule has 8 heteroatoms. The zero-order valence-corrected chi connectivity index (χ0v) is 39.5. The first-order chi connectivity index (χ1) is 25.3. The van der Waals surface area contributed by atoms with E-state index in [4.69, 9.17) is 16.2 Å². The number of halogens is 2. The molecule has 4 N–H and O–H groups in total. The standard InChI is InChI=1S/C48H87N3O3.2ClH/c1-11-36(34(2)3)18-17-35(4)40-21-22-41-39-20-19-37-33-38(25-28-47(37,9)42(39)26-29-48(40,41)10)54-44(53)24-23-43(52)51(32-30-46(7,8)50)31-16-14-12-13-15-27-45(5,6)49;;/h19,34-36,38-42H,11-18,20-33,49-50H2,1-10H3;2*1H/t35-,36-,38?,39?,40?,41?,42?,47?,48?;;/m1../s1. The second kappa shape index (κ2) is 22.1. The van der Waals surface area contributed by atoms with E-state index in [2.05, 4.69) is 61.5 Å². The number of nitrogens with zero attached hydrogens (tertiary/aromatic N) is 1. The van der Waals surface area contributed by atoms with Crippen molar-refractivity contribution in [1.82, 2.24) is 4.90 Å². The zero-order chi connectivity index (χ0) is 39.9. The van der Waals surface area contributed by atoms with E-state index >= 15 is 0 Å². The summed E-state index contributed by atoms with van der Waals surface area (Å²) in [5, 5.41) is 0. The van der Waals surface area contributed by atoms with Gasteiger partial charge in [-0.1, -0.05) is 91.7 Å². The average Bonchev–Trinajstić information content (AvgIpc) is 3.44. The highest BCUT2D eigenvalue weighted by atomic mass is 35.5. The molecule has 4 aliphatic rings. The number of ether oxygens (including phenoxy) is 1. The summed E-state index contributed by atoms with van der Waals surface area (Å²) in [6.07, 6.45) is 24.0. The summed E-state index contributed by atoms with van der Waals surface area (Å²) in [6.45, 7) is 24.6. The van der Waals surface area contributed by atoms with Crippen LogP contribution in [0.25, 0.3) is 0 Å². The van der Waals surface area contributed by atoms with Crippen LogP contribution in [0, 0.1) is 52.3 Å². The molecule has 328 valence electrons. The quantitative estimate of drug-likeness (QED) is 0.0682. The smallest absolute Gasteiger partial charge is 0.306 e. The molecule has 56 heavy (non-hydrogen) atoms. The zero-order valence-electron chi connectivity index (χ0n) is 37.9. The molecular formula is C48H89Cl2N3O3. The molecule has 0 radical (unpaired) electrons. The molecule has 0 aliphatic heterocycles. The second-order valence-corrected chi connectivity index (χ2v) is 21.4. The Morgan fingerprint density at radius 2 is 1.50 bits per heavy atom. The number of allylic oxidation sites excluding steroid dienone is 1. The third-order valence-electron chi connectivity index (χ3n) is 15.7. The molecule has 0 aromatic carbocycles. The Morgan fingerprint density at radius 3 is 2.14 bits per heavy atom. The number of amides is 1. The van der Waals surface area contributed by atoms with Crippen molar-refractivity contribution in [3.63, 3.8) is 0 Å². The molecule has 3 fully saturated rings. The van der Waals surface area contributed by atoms with Crippen molar-refractivity contribution in [1.29, 1.82) is 0 Å². The molecular weight excluding hydrogens is 737 g/mol. The van der Waals surface area contributed by atoms with Gasteiger partial charge in [0.2, 0.25) is 5.91 Å². The van der Waals surface area contributed by atoms with E-state index in [0.717, 1.165) is 106 Å². The highest BCUT2D eigenvalue weighted by Gasteiger charge is 2.59. The Morgan fingerprint density at radius 1 is 0.839 bits per heavy atom. The van der Waals surface area contributed by atoms with Crippen molar-refractivity contribution < 1.29 is 14.3 Å². The highest BCUT2D eigenvalue weighted by molar-refractivity contribution is 5.85. The molecule has 4 rings (SSSR count). The fourth-order valence-electron chi connectivity index (χ4n) is 12.2. The first-order valence-corrected chi connectivity index (χ1v) is 23.0. The molecule has 1 amide bonds. The summed E-state index contributed by atoms with van der Waals surface area (Å²) in [5.41, 5.74) is 14.3. The molecule has 0 bridgehead atoms. The predicted molar refractivity (Wildman–Crippen MR) is 241 cm³/mol. The van der Waals surface area contributed by atoms with Gasteiger partial charge in [0.1, 0.15) is 6.10 Å². The molecule has 0 aromatic rings. The van der Waals surface area contributed by atoms with Crippen molar-refractivity contribution in [2.45, 2.75) is 215 Å². The minimum atomic E-state index is -0.337. The molecule has 4 aliphatic carbocycles. The fraction of sp³-hybridized carbons (Fsp3) is 0.917. The molecule has 0 heterocycles. The molecule has 0 spiro atoms. The number of esters is 1. The van der Waals surface area contributed by atoms with Crippen LogP contribution in [0.3, 0.4) is 0 Å². The summed E-state index contributed by atoms with van der Waals surface area (Å²) in [6, 6.07) is 0. The molecule has 7 unspecified atom stereocenters. The Bertz CT molecular complexity index is 1240. The summed E-state index contributed by atoms with van der Waals surface area (Å²) in [4.78, 5) is 28.5. The van der Waals surface area contributed by atoms with E-state index in [0.29, 0.717) is 12.0 Å². The number of carbonyl (C=O) groups is 2. The normalized spacial score (nSPS) is 29.8. The van der Waals surface area contributed by atoms with Gasteiger partial charge < -0.3 is 21.1 Å². The van der Waals surface area contributed by atoms with Crippen LogP contribution >= 0.6 is 24.8 Å². The lowest BCUT2D eigenvalue weighted by Gasteiger charge is -2.58. The van der Waals surface area contributed by atoms with E-state index in [-0.39, 0.29) is 72.1 Å². The van der Waals surface area contributed by atoms with Gasteiger partial charge in [-0.15, -0.1) is 24.8 Å². The van der Waals surface area contributed by atoms with E-state index < -0.39 is 0 Å². The molecule has 3 saturated carbocycles. The van der Waals surface area contributed by atoms with Crippen LogP contribution in [-0.2, 0) is 14.3 Å². The first-order valence-electron chi connectivity index (χ1n) is 23.0. The van der Waals surface area contributed by atoms with Gasteiger partial charge in [0, 0.05) is 37.0 Å². The van der Waals surface area contributed by atoms with Crippen LogP contribution in [0.5, 0.6) is 0 Å². The van der Waals surface area contributed by atoms with Crippen LogP contribution in [-0.4, -0.2) is 47.0 Å². The van der Waals surface area contributed by atoms with Gasteiger partial charge in [-0.2, -0.15) is 0 Å². The largest absolute Gasteiger partial charge is 0.462 e. The second-order valence-electron chi connectivity index (χ2n) is 21.4. The van der Waals surface area contributed by atoms with Crippen molar-refractivity contribution in [2.24, 2.45) is 63.7 Å². The summed E-state index contributed by atoms with van der Waals surface area (Å²) in [5.74, 6) is 5.60. The molecule has 0 saturated heterocycles. The maximum absolute atomic E-state index is 13.4. The lowest BCUT2D eigenvalue weighted by atomic mass is 9.47. The number of nitrogens with two attached hydrogens (primary N) is 2. The van der Waals surface area contributed by atoms with Gasteiger partial charge in [0.25, 0.3) is 0 Å². The topological polar surface area (TPSA) is 98.7 Å². The van der Waals surface area contributed by atoms with Crippen molar-refractivity contribution in [3.8, 4) is 0 Å². The maximum Gasteiger partial charge on any atom is 0.306 e. The third-order valence-corrected chi connectivity index (χ3v) is 15.7. The van der Waals surface area contributed by atoms with Gasteiger partial charge in [-0.25, -0.2) is 0 Å². The van der Waals surface area contributed by atoms with Gasteiger partial charge >= 0.3 is 5.97 Å². The Hall–Kier alpha value is -0.820. The minimum Gasteiger partial charge on any atom is -0.462 e. The van der Waals surface area contributed by atoms with Gasteiger partial charge in [-0.3, -0.25) is 9.59 Å². The summed E-state index contributed by atoms with van der Waals surface area (Å²) in [7, 11) is 0. The van der Waals surface area contributed by atoms with Gasteiger partial charge in [-0.05, 0) is 151 Å². The highest BCUT2D eigenvalue weighted by Crippen LogP contribution is 2.67. The van der Waals surface area contributed by atoms with E-state index in [1.807, 2.05) is 18.7 Å². The average molecular weight is 827 g/mol. The maximum atomic E-state index is 13.4. The molecule has 6 nitrogen and oxygen atoms in total. The minimum absolute atomic E-state index is 0. The monoisotopic (exact) mass is 826 g/mol. The van der Waals surface area contributed by atoms with E-state index in [9.17, 15) is 9.59 Å². The SMILES string of the molecule is CC[C@H](CC[C@@H](C)C1CCC2C3CC=C4CC(OC(=O)CCC(=O)N(CCCCCCCC(C)(C)N)CCC(C)(C)N)CCC4(C)C3CCC21C)C(C)C.Cl.Cl. The number of hydrogen-bond donors (Lipinski definition) is 2. The number of unbranched alkanes of at least 4 members (excludes halogenated alkanes) is 4. The van der Waals surface area contributed by atoms with Gasteiger partial charge in [0.15, 0.2) is 0 Å². The van der Waals surface area contributed by atoms with Crippen LogP contribution in [0.1, 0.15) is 198 Å². The van der Waals surface area contributed by atoms with E-state index in [1.54, 1.807) is 5.57 Å². The Kier molecular flexibility index (Phi) is 20.3. The number of fused-ring (bicyclic) bond motifs is 5. The number of carbonyl (C=O) groups excluding carboxylic acids is 2. The first kappa shape index (κ1) is 51.3. The number of hydrogen-bond acceptors (Lipinski definition) is 5. The van der Waals surface area contributed by atoms with Crippen molar-refractivity contribution in [2.75, 3.05) is 13.1 Å². The Labute approximate surface area is 357 Å². The molecule has 9 atom stereocenters. The number of rotatable bonds is 21. The Balaban J connectivity index is 0.00000541. The van der Waals surface area contributed by atoms with Crippen molar-refractivity contribution in [3.05, 3.63) is 11.6 Å². The summed E-state index contributed by atoms with van der Waals surface area (Å²) < 4.78 is 6.13. The lowest BCUT2D eigenvalue weighted by Crippen LogP contribution is -2.51. The van der Waals surface area contributed by atoms with Crippen LogP contribution in [0.15, 0.2) is 11.6 Å². The summed E-state index contributed by atoms with van der Waals surface area (Å²) >= 11 is 0. The van der Waals surface area contributed by atoms with Crippen molar-refractivity contribution >= 4 is 36.7 Å². The van der Waals surface area contributed by atoms with Gasteiger partial charge in [0.05, 0.1) is 6.42 Å². The van der Waals surface area contributed by atoms with Crippen LogP contribution in [0.4, 0.5) is 0 Å². The van der Waals surface area contributed by atoms with Crippen LogP contribution in [0.2, 0.25) is 0 Å². The predicted octanol–water partition coefficient (Wildman–Crippen LogP) is 12.2.